The van der Waals surface area contributed by atoms with Crippen LogP contribution in [0, 0.1) is 0 Å². The minimum atomic E-state index is 0.667. The minimum absolute atomic E-state index is 0.667. The molecule has 0 aliphatic rings. The van der Waals surface area contributed by atoms with Crippen LogP contribution in [-0.2, 0) is 0 Å². The van der Waals surface area contributed by atoms with Crippen LogP contribution in [0.25, 0.3) is 0 Å². The molecule has 0 fully saturated rings. The smallest absolute Gasteiger partial charge is 0.00204 e. The summed E-state index contributed by atoms with van der Waals surface area (Å²) in [6, 6.07) is 10.9. The molecule has 2 heteroatoms. The van der Waals surface area contributed by atoms with Crippen molar-refractivity contribution in [2.45, 2.75) is 25.7 Å². The molecule has 90 valence electrons. The van der Waals surface area contributed by atoms with Crippen molar-refractivity contribution in [3.63, 3.8) is 0 Å². The molecule has 1 aromatic carbocycles. The summed E-state index contributed by atoms with van der Waals surface area (Å²) in [6.45, 7) is 4.45. The van der Waals surface area contributed by atoms with E-state index in [4.69, 9.17) is 0 Å². The van der Waals surface area contributed by atoms with Crippen molar-refractivity contribution in [3.8, 4) is 0 Å². The van der Waals surface area contributed by atoms with Crippen LogP contribution < -0.4 is 5.32 Å². The van der Waals surface area contributed by atoms with Crippen molar-refractivity contribution in [3.05, 3.63) is 35.9 Å². The molecule has 1 nitrogen and oxygen atoms in total. The average molecular weight is 237 g/mol. The van der Waals surface area contributed by atoms with Gasteiger partial charge in [-0.15, -0.1) is 0 Å². The van der Waals surface area contributed by atoms with Crippen LogP contribution in [0.1, 0.15) is 31.2 Å². The second kappa shape index (κ2) is 8.66. The average Bonchev–Trinajstić information content (AvgIpc) is 2.35. The molecule has 0 saturated carbocycles. The largest absolute Gasteiger partial charge is 0.316 e. The van der Waals surface area contributed by atoms with Gasteiger partial charge in [0.25, 0.3) is 0 Å². The highest BCUT2D eigenvalue weighted by Gasteiger charge is 2.09. The summed E-state index contributed by atoms with van der Waals surface area (Å²) in [5, 5.41) is 3.53. The summed E-state index contributed by atoms with van der Waals surface area (Å²) in [5.41, 5.74) is 1.47. The molecular weight excluding hydrogens is 214 g/mol. The standard InChI is InChI=1S/C14H23NS/c1-3-10-15-12-14(9-11-16-2)13-7-5-4-6-8-13/h4-8,14-15H,3,9-12H2,1-2H3. The van der Waals surface area contributed by atoms with E-state index in [1.54, 1.807) is 0 Å². The molecule has 0 amide bonds. The highest BCUT2D eigenvalue weighted by molar-refractivity contribution is 7.98. The molecule has 0 bridgehead atoms. The van der Waals surface area contributed by atoms with Gasteiger partial charge in [-0.3, -0.25) is 0 Å². The van der Waals surface area contributed by atoms with Crippen LogP contribution >= 0.6 is 11.8 Å². The first-order chi connectivity index (χ1) is 7.88. The first-order valence-electron chi connectivity index (χ1n) is 6.13. The predicted molar refractivity (Wildman–Crippen MR) is 75.3 cm³/mol. The summed E-state index contributed by atoms with van der Waals surface area (Å²) in [7, 11) is 0. The van der Waals surface area contributed by atoms with E-state index in [1.165, 1.54) is 24.2 Å². The summed E-state index contributed by atoms with van der Waals surface area (Å²) in [4.78, 5) is 0. The van der Waals surface area contributed by atoms with Gasteiger partial charge in [0, 0.05) is 6.54 Å². The third-order valence-corrected chi connectivity index (χ3v) is 3.40. The van der Waals surface area contributed by atoms with Crippen LogP contribution in [0.3, 0.4) is 0 Å². The fourth-order valence-corrected chi connectivity index (χ4v) is 2.35. The summed E-state index contributed by atoms with van der Waals surface area (Å²) in [6.07, 6.45) is 4.66. The monoisotopic (exact) mass is 237 g/mol. The van der Waals surface area contributed by atoms with Gasteiger partial charge in [-0.05, 0) is 42.9 Å². The molecule has 0 aliphatic heterocycles. The van der Waals surface area contributed by atoms with Gasteiger partial charge in [-0.25, -0.2) is 0 Å². The molecule has 0 radical (unpaired) electrons. The molecule has 1 unspecified atom stereocenters. The van der Waals surface area contributed by atoms with Crippen molar-refractivity contribution in [1.82, 2.24) is 5.32 Å². The normalized spacial score (nSPS) is 12.6. The second-order valence-corrected chi connectivity index (χ2v) is 5.08. The van der Waals surface area contributed by atoms with E-state index in [9.17, 15) is 0 Å². The van der Waals surface area contributed by atoms with Crippen molar-refractivity contribution in [2.75, 3.05) is 25.1 Å². The van der Waals surface area contributed by atoms with E-state index in [0.29, 0.717) is 5.92 Å². The number of thioether (sulfide) groups is 1. The Bertz CT molecular complexity index is 261. The van der Waals surface area contributed by atoms with Crippen molar-refractivity contribution in [2.24, 2.45) is 0 Å². The highest BCUT2D eigenvalue weighted by atomic mass is 32.2. The lowest BCUT2D eigenvalue weighted by molar-refractivity contribution is 0.570. The predicted octanol–water partition coefficient (Wildman–Crippen LogP) is 3.52. The van der Waals surface area contributed by atoms with Crippen molar-refractivity contribution < 1.29 is 0 Å². The molecule has 1 atom stereocenters. The number of hydrogen-bond donors (Lipinski definition) is 1. The second-order valence-electron chi connectivity index (χ2n) is 4.09. The van der Waals surface area contributed by atoms with E-state index < -0.39 is 0 Å². The van der Waals surface area contributed by atoms with Gasteiger partial charge in [-0.2, -0.15) is 11.8 Å². The lowest BCUT2D eigenvalue weighted by atomic mass is 9.96. The first-order valence-corrected chi connectivity index (χ1v) is 7.52. The molecule has 0 aliphatic carbocycles. The molecule has 0 spiro atoms. The maximum Gasteiger partial charge on any atom is 0.00204 e. The van der Waals surface area contributed by atoms with Gasteiger partial charge < -0.3 is 5.32 Å². The fourth-order valence-electron chi connectivity index (χ4n) is 1.82. The van der Waals surface area contributed by atoms with E-state index >= 15 is 0 Å². The van der Waals surface area contributed by atoms with Gasteiger partial charge in [0.15, 0.2) is 0 Å². The van der Waals surface area contributed by atoms with Crippen LogP contribution in [-0.4, -0.2) is 25.1 Å². The van der Waals surface area contributed by atoms with E-state index in [2.05, 4.69) is 48.8 Å². The van der Waals surface area contributed by atoms with Gasteiger partial charge in [-0.1, -0.05) is 37.3 Å². The zero-order chi connectivity index (χ0) is 11.6. The lowest BCUT2D eigenvalue weighted by Crippen LogP contribution is -2.22. The van der Waals surface area contributed by atoms with Crippen molar-refractivity contribution >= 4 is 11.8 Å². The van der Waals surface area contributed by atoms with Crippen LogP contribution in [0.2, 0.25) is 0 Å². The Labute approximate surface area is 104 Å². The zero-order valence-electron chi connectivity index (χ0n) is 10.4. The molecular formula is C14H23NS. The molecule has 0 saturated heterocycles. The number of rotatable bonds is 8. The summed E-state index contributed by atoms with van der Waals surface area (Å²) in [5.74, 6) is 1.91. The number of benzene rings is 1. The zero-order valence-corrected chi connectivity index (χ0v) is 11.2. The van der Waals surface area contributed by atoms with Gasteiger partial charge in [0.05, 0.1) is 0 Å². The minimum Gasteiger partial charge on any atom is -0.316 e. The Hall–Kier alpha value is -0.470. The topological polar surface area (TPSA) is 12.0 Å². The van der Waals surface area contributed by atoms with Crippen molar-refractivity contribution in [1.29, 1.82) is 0 Å². The Balaban J connectivity index is 2.49. The van der Waals surface area contributed by atoms with E-state index in [1.807, 2.05) is 11.8 Å². The SMILES string of the molecule is CCCNCC(CCSC)c1ccccc1. The Morgan fingerprint density at radius 2 is 2.00 bits per heavy atom. The summed E-state index contributed by atoms with van der Waals surface area (Å²) >= 11 is 1.94. The van der Waals surface area contributed by atoms with Crippen LogP contribution in [0.5, 0.6) is 0 Å². The molecule has 0 heterocycles. The van der Waals surface area contributed by atoms with Crippen LogP contribution in [0.4, 0.5) is 0 Å². The van der Waals surface area contributed by atoms with Crippen LogP contribution in [0.15, 0.2) is 30.3 Å². The van der Waals surface area contributed by atoms with E-state index in [0.717, 1.165) is 13.1 Å². The molecule has 16 heavy (non-hydrogen) atoms. The van der Waals surface area contributed by atoms with Gasteiger partial charge >= 0.3 is 0 Å². The first kappa shape index (κ1) is 13.6. The van der Waals surface area contributed by atoms with E-state index in [-0.39, 0.29) is 0 Å². The highest BCUT2D eigenvalue weighted by Crippen LogP contribution is 2.20. The quantitative estimate of drug-likeness (QED) is 0.694. The summed E-state index contributed by atoms with van der Waals surface area (Å²) < 4.78 is 0. The maximum absolute atomic E-state index is 3.53. The Morgan fingerprint density at radius 1 is 1.25 bits per heavy atom. The third-order valence-electron chi connectivity index (χ3n) is 2.76. The molecule has 0 aromatic heterocycles. The van der Waals surface area contributed by atoms with Gasteiger partial charge in [0.2, 0.25) is 0 Å². The molecule has 1 aromatic rings. The maximum atomic E-state index is 3.53. The lowest BCUT2D eigenvalue weighted by Gasteiger charge is -2.17. The molecule has 1 rings (SSSR count). The fraction of sp³-hybridized carbons (Fsp3) is 0.571. The Morgan fingerprint density at radius 3 is 2.62 bits per heavy atom. The number of hydrogen-bond acceptors (Lipinski definition) is 2. The number of nitrogens with one attached hydrogen (secondary N) is 1. The molecule has 1 N–H and O–H groups in total. The Kier molecular flexibility index (Phi) is 7.35. The third kappa shape index (κ3) is 5.04. The van der Waals surface area contributed by atoms with Gasteiger partial charge in [0.1, 0.15) is 0 Å².